The molecule has 3 rings (SSSR count). The van der Waals surface area contributed by atoms with Crippen LogP contribution >= 0.6 is 0 Å². The normalized spacial score (nSPS) is 19.2. The van der Waals surface area contributed by atoms with Gasteiger partial charge in [0.25, 0.3) is 0 Å². The van der Waals surface area contributed by atoms with Crippen LogP contribution in [-0.4, -0.2) is 55.3 Å². The summed E-state index contributed by atoms with van der Waals surface area (Å²) in [4.78, 5) is 15.0. The minimum Gasteiger partial charge on any atom is -0.483 e. The average molecular weight is 309 g/mol. The second kappa shape index (κ2) is 6.48. The van der Waals surface area contributed by atoms with Crippen molar-refractivity contribution in [3.63, 3.8) is 0 Å². The lowest BCUT2D eigenvalue weighted by atomic mass is 10.2. The molecule has 22 heavy (non-hydrogen) atoms. The highest BCUT2D eigenvalue weighted by Crippen LogP contribution is 2.36. The van der Waals surface area contributed by atoms with E-state index in [9.17, 15) is 14.5 Å². The molecule has 2 aliphatic rings. The zero-order valence-electron chi connectivity index (χ0n) is 12.4. The van der Waals surface area contributed by atoms with E-state index in [2.05, 4.69) is 9.80 Å². The van der Waals surface area contributed by atoms with Gasteiger partial charge in [-0.2, -0.15) is 0 Å². The Kier molecular flexibility index (Phi) is 4.42. The minimum absolute atomic E-state index is 0.0237. The number of anilines is 1. The van der Waals surface area contributed by atoms with Gasteiger partial charge >= 0.3 is 5.69 Å². The number of hydrogen-bond donors (Lipinski definition) is 0. The molecule has 1 aliphatic heterocycles. The zero-order valence-corrected chi connectivity index (χ0v) is 12.4. The monoisotopic (exact) mass is 309 g/mol. The smallest absolute Gasteiger partial charge is 0.312 e. The number of rotatable bonds is 6. The Hall–Kier alpha value is -1.89. The number of nitro groups is 1. The van der Waals surface area contributed by atoms with E-state index < -0.39 is 0 Å². The first-order valence-electron chi connectivity index (χ1n) is 7.66. The number of hydrogen-bond acceptors (Lipinski definition) is 5. The summed E-state index contributed by atoms with van der Waals surface area (Å²) in [7, 11) is 0. The highest BCUT2D eigenvalue weighted by molar-refractivity contribution is 5.60. The van der Waals surface area contributed by atoms with E-state index in [1.54, 1.807) is 12.1 Å². The molecule has 0 unspecified atom stereocenters. The molecule has 120 valence electrons. The zero-order chi connectivity index (χ0) is 15.5. The first-order valence-corrected chi connectivity index (χ1v) is 7.66. The molecule has 0 bridgehead atoms. The maximum atomic E-state index is 12.3. The predicted molar refractivity (Wildman–Crippen MR) is 81.4 cm³/mol. The van der Waals surface area contributed by atoms with Gasteiger partial charge in [0.05, 0.1) is 11.0 Å². The molecule has 1 aliphatic carbocycles. The molecule has 0 spiro atoms. The summed E-state index contributed by atoms with van der Waals surface area (Å²) in [5.74, 6) is 0.354. The highest BCUT2D eigenvalue weighted by atomic mass is 19.1. The van der Waals surface area contributed by atoms with E-state index in [1.165, 1.54) is 0 Å². The van der Waals surface area contributed by atoms with Crippen molar-refractivity contribution in [2.24, 2.45) is 0 Å². The lowest BCUT2D eigenvalue weighted by Crippen LogP contribution is -2.47. The Morgan fingerprint density at radius 1 is 1.27 bits per heavy atom. The lowest BCUT2D eigenvalue weighted by Gasteiger charge is -2.35. The van der Waals surface area contributed by atoms with E-state index in [-0.39, 0.29) is 23.4 Å². The maximum Gasteiger partial charge on any atom is 0.312 e. The van der Waals surface area contributed by atoms with Crippen molar-refractivity contribution in [3.05, 3.63) is 28.3 Å². The molecule has 1 heterocycles. The van der Waals surface area contributed by atoms with Gasteiger partial charge in [0, 0.05) is 44.5 Å². The molecule has 0 amide bonds. The van der Waals surface area contributed by atoms with E-state index >= 15 is 0 Å². The third kappa shape index (κ3) is 3.47. The van der Waals surface area contributed by atoms with Crippen LogP contribution in [0.15, 0.2) is 18.2 Å². The average Bonchev–Trinajstić information content (AvgIpc) is 3.33. The number of alkyl halides is 1. The summed E-state index contributed by atoms with van der Waals surface area (Å²) in [6.07, 6.45) is 2.07. The van der Waals surface area contributed by atoms with Crippen LogP contribution in [0.3, 0.4) is 0 Å². The van der Waals surface area contributed by atoms with Crippen LogP contribution in [0.1, 0.15) is 12.8 Å². The van der Waals surface area contributed by atoms with E-state index in [0.717, 1.165) is 44.7 Å². The summed E-state index contributed by atoms with van der Waals surface area (Å²) >= 11 is 0. The SMILES string of the molecule is O=[N+]([O-])c1cc(N2CCN(CCF)CC2)ccc1OC1CC1. The second-order valence-corrected chi connectivity index (χ2v) is 5.74. The minimum atomic E-state index is -0.388. The van der Waals surface area contributed by atoms with Crippen molar-refractivity contribution in [1.82, 2.24) is 4.90 Å². The van der Waals surface area contributed by atoms with E-state index in [1.807, 2.05) is 6.07 Å². The van der Waals surface area contributed by atoms with Crippen molar-refractivity contribution < 1.29 is 14.1 Å². The molecular formula is C15H20FN3O3. The van der Waals surface area contributed by atoms with E-state index in [0.29, 0.717) is 12.3 Å². The van der Waals surface area contributed by atoms with Gasteiger partial charge in [0.2, 0.25) is 0 Å². The fraction of sp³-hybridized carbons (Fsp3) is 0.600. The number of nitro benzene ring substituents is 1. The third-order valence-corrected chi connectivity index (χ3v) is 4.10. The van der Waals surface area contributed by atoms with Crippen LogP contribution in [0, 0.1) is 10.1 Å². The molecule has 0 radical (unpaired) electrons. The van der Waals surface area contributed by atoms with Crippen LogP contribution < -0.4 is 9.64 Å². The van der Waals surface area contributed by atoms with E-state index in [4.69, 9.17) is 4.74 Å². The van der Waals surface area contributed by atoms with Gasteiger partial charge in [-0.1, -0.05) is 0 Å². The predicted octanol–water partition coefficient (Wildman–Crippen LogP) is 2.23. The highest BCUT2D eigenvalue weighted by Gasteiger charge is 2.28. The van der Waals surface area contributed by atoms with Gasteiger partial charge in [-0.15, -0.1) is 0 Å². The molecule has 1 aromatic carbocycles. The molecular weight excluding hydrogens is 289 g/mol. The Morgan fingerprint density at radius 2 is 2.00 bits per heavy atom. The van der Waals surface area contributed by atoms with Crippen LogP contribution in [-0.2, 0) is 0 Å². The van der Waals surface area contributed by atoms with Crippen LogP contribution in [0.4, 0.5) is 15.8 Å². The molecule has 0 aromatic heterocycles. The van der Waals surface area contributed by atoms with Crippen molar-refractivity contribution in [2.45, 2.75) is 18.9 Å². The van der Waals surface area contributed by atoms with Crippen molar-refractivity contribution >= 4 is 11.4 Å². The fourth-order valence-electron chi connectivity index (χ4n) is 2.66. The third-order valence-electron chi connectivity index (χ3n) is 4.10. The second-order valence-electron chi connectivity index (χ2n) is 5.74. The van der Waals surface area contributed by atoms with Crippen molar-refractivity contribution in [2.75, 3.05) is 44.3 Å². The summed E-state index contributed by atoms with van der Waals surface area (Å²) in [5.41, 5.74) is 0.852. The maximum absolute atomic E-state index is 12.3. The quantitative estimate of drug-likeness (QED) is 0.596. The molecule has 1 saturated carbocycles. The Labute approximate surface area is 128 Å². The lowest BCUT2D eigenvalue weighted by molar-refractivity contribution is -0.385. The van der Waals surface area contributed by atoms with Gasteiger partial charge in [-0.3, -0.25) is 15.0 Å². The Balaban J connectivity index is 1.71. The molecule has 2 fully saturated rings. The van der Waals surface area contributed by atoms with Gasteiger partial charge in [-0.25, -0.2) is 4.39 Å². The van der Waals surface area contributed by atoms with Gasteiger partial charge in [0.15, 0.2) is 5.75 Å². The summed E-state index contributed by atoms with van der Waals surface area (Å²) < 4.78 is 17.9. The summed E-state index contributed by atoms with van der Waals surface area (Å²) in [5, 5.41) is 11.3. The molecule has 0 N–H and O–H groups in total. The summed E-state index contributed by atoms with van der Waals surface area (Å²) in [6.45, 7) is 3.18. The topological polar surface area (TPSA) is 58.9 Å². The molecule has 1 saturated heterocycles. The van der Waals surface area contributed by atoms with Crippen molar-refractivity contribution in [3.8, 4) is 5.75 Å². The van der Waals surface area contributed by atoms with Crippen LogP contribution in [0.2, 0.25) is 0 Å². The first kappa shape index (κ1) is 15.0. The molecule has 6 nitrogen and oxygen atoms in total. The molecule has 0 atom stereocenters. The molecule has 7 heteroatoms. The fourth-order valence-corrected chi connectivity index (χ4v) is 2.66. The van der Waals surface area contributed by atoms with Gasteiger partial charge in [-0.05, 0) is 25.0 Å². The molecule has 1 aromatic rings. The van der Waals surface area contributed by atoms with Crippen molar-refractivity contribution in [1.29, 1.82) is 0 Å². The number of nitrogens with zero attached hydrogens (tertiary/aromatic N) is 3. The summed E-state index contributed by atoms with van der Waals surface area (Å²) in [6, 6.07) is 5.15. The number of halogens is 1. The van der Waals surface area contributed by atoms with Crippen LogP contribution in [0.5, 0.6) is 5.75 Å². The Bertz CT molecular complexity index is 543. The Morgan fingerprint density at radius 3 is 2.59 bits per heavy atom. The number of benzene rings is 1. The first-order chi connectivity index (χ1) is 10.7. The largest absolute Gasteiger partial charge is 0.483 e. The van der Waals surface area contributed by atoms with Gasteiger partial charge < -0.3 is 9.64 Å². The van der Waals surface area contributed by atoms with Crippen LogP contribution in [0.25, 0.3) is 0 Å². The van der Waals surface area contributed by atoms with Gasteiger partial charge in [0.1, 0.15) is 6.67 Å². The number of ether oxygens (including phenoxy) is 1. The standard InChI is InChI=1S/C15H20FN3O3/c16-5-6-17-7-9-18(10-8-17)12-1-4-15(22-13-2-3-13)14(11-12)19(20)21/h1,4,11,13H,2-3,5-10H2. The number of piperazine rings is 1.